The Labute approximate surface area is 137 Å². The van der Waals surface area contributed by atoms with Crippen LogP contribution in [0.15, 0.2) is 17.5 Å². The molecule has 1 N–H and O–H groups in total. The molecule has 0 saturated carbocycles. The van der Waals surface area contributed by atoms with Crippen LogP contribution in [0.3, 0.4) is 0 Å². The fourth-order valence-electron chi connectivity index (χ4n) is 1.99. The highest BCUT2D eigenvalue weighted by molar-refractivity contribution is 7.09. The molecule has 7 heteroatoms. The summed E-state index contributed by atoms with van der Waals surface area (Å²) in [7, 11) is 1.30. The van der Waals surface area contributed by atoms with Crippen LogP contribution in [0.1, 0.15) is 40.8 Å². The minimum absolute atomic E-state index is 0.00209. The van der Waals surface area contributed by atoms with Crippen molar-refractivity contribution in [3.8, 4) is 5.75 Å². The Morgan fingerprint density at radius 1 is 1.39 bits per heavy atom. The molecule has 0 aliphatic rings. The number of aromatic nitrogens is 1. The van der Waals surface area contributed by atoms with Crippen LogP contribution >= 0.6 is 11.3 Å². The molecule has 124 valence electrons. The van der Waals surface area contributed by atoms with Crippen molar-refractivity contribution < 1.29 is 18.3 Å². The van der Waals surface area contributed by atoms with E-state index < -0.39 is 23.1 Å². The van der Waals surface area contributed by atoms with Gasteiger partial charge < -0.3 is 10.1 Å². The summed E-state index contributed by atoms with van der Waals surface area (Å²) in [5.74, 6) is -2.66. The quantitative estimate of drug-likeness (QED) is 0.875. The summed E-state index contributed by atoms with van der Waals surface area (Å²) in [5.41, 5.74) is 0.587. The maximum absolute atomic E-state index is 13.8. The molecule has 2 rings (SSSR count). The van der Waals surface area contributed by atoms with Crippen LogP contribution in [0.25, 0.3) is 0 Å². The van der Waals surface area contributed by atoms with Gasteiger partial charge in [0.15, 0.2) is 11.6 Å². The zero-order valence-corrected chi connectivity index (χ0v) is 14.0. The van der Waals surface area contributed by atoms with Gasteiger partial charge in [-0.1, -0.05) is 13.8 Å². The lowest BCUT2D eigenvalue weighted by Crippen LogP contribution is -2.27. The van der Waals surface area contributed by atoms with Crippen LogP contribution in [0.2, 0.25) is 0 Å². The monoisotopic (exact) mass is 340 g/mol. The van der Waals surface area contributed by atoms with E-state index in [4.69, 9.17) is 4.74 Å². The van der Waals surface area contributed by atoms with Crippen molar-refractivity contribution in [1.29, 1.82) is 0 Å². The summed E-state index contributed by atoms with van der Waals surface area (Å²) in [6.07, 6.45) is 0.530. The van der Waals surface area contributed by atoms with E-state index >= 15 is 0 Å². The molecular formula is C16H18F2N2O2S. The molecule has 2 aromatic rings. The number of nitrogens with zero attached hydrogens (tertiary/aromatic N) is 1. The van der Waals surface area contributed by atoms with Gasteiger partial charge in [-0.2, -0.15) is 0 Å². The fraction of sp³-hybridized carbons (Fsp3) is 0.375. The lowest BCUT2D eigenvalue weighted by molar-refractivity contribution is 0.0945. The molecule has 0 radical (unpaired) electrons. The van der Waals surface area contributed by atoms with Crippen LogP contribution in [0.5, 0.6) is 5.75 Å². The highest BCUT2D eigenvalue weighted by Gasteiger charge is 2.21. The number of carbonyl (C=O) groups excluding carboxylic acids is 1. The first-order chi connectivity index (χ1) is 10.9. The number of carbonyl (C=O) groups is 1. The number of ether oxygens (including phenoxy) is 1. The first-order valence-corrected chi connectivity index (χ1v) is 8.06. The first-order valence-electron chi connectivity index (χ1n) is 7.18. The molecule has 1 aromatic heterocycles. The molecule has 0 saturated heterocycles. The van der Waals surface area contributed by atoms with Gasteiger partial charge in [-0.15, -0.1) is 11.3 Å². The summed E-state index contributed by atoms with van der Waals surface area (Å²) < 4.78 is 32.0. The zero-order chi connectivity index (χ0) is 17.0. The Morgan fingerprint density at radius 2 is 2.13 bits per heavy atom. The van der Waals surface area contributed by atoms with Crippen molar-refractivity contribution >= 4 is 17.2 Å². The van der Waals surface area contributed by atoms with E-state index in [1.165, 1.54) is 24.5 Å². The SMILES string of the molecule is COc1ccc(F)c(F)c1C(=O)NCCc1nc(C(C)C)cs1. The Kier molecular flexibility index (Phi) is 5.65. The number of halogens is 2. The van der Waals surface area contributed by atoms with E-state index in [-0.39, 0.29) is 12.3 Å². The van der Waals surface area contributed by atoms with E-state index in [2.05, 4.69) is 24.1 Å². The molecule has 1 aromatic carbocycles. The highest BCUT2D eigenvalue weighted by Crippen LogP contribution is 2.23. The Morgan fingerprint density at radius 3 is 2.74 bits per heavy atom. The molecule has 1 heterocycles. The average Bonchev–Trinajstić information content (AvgIpc) is 2.98. The number of hydrogen-bond donors (Lipinski definition) is 1. The average molecular weight is 340 g/mol. The van der Waals surface area contributed by atoms with Crippen LogP contribution in [0.4, 0.5) is 8.78 Å². The summed E-state index contributed by atoms with van der Waals surface area (Å²) in [4.78, 5) is 16.5. The topological polar surface area (TPSA) is 51.2 Å². The minimum atomic E-state index is -1.21. The summed E-state index contributed by atoms with van der Waals surface area (Å²) in [6, 6.07) is 2.15. The summed E-state index contributed by atoms with van der Waals surface area (Å²) in [5, 5.41) is 5.44. The molecule has 4 nitrogen and oxygen atoms in total. The predicted molar refractivity (Wildman–Crippen MR) is 85.2 cm³/mol. The van der Waals surface area contributed by atoms with Crippen LogP contribution in [0, 0.1) is 11.6 Å². The van der Waals surface area contributed by atoms with Gasteiger partial charge in [0, 0.05) is 18.3 Å². The molecule has 0 bridgehead atoms. The third-order valence-electron chi connectivity index (χ3n) is 3.29. The normalized spacial score (nSPS) is 10.9. The Balaban J connectivity index is 2.01. The largest absolute Gasteiger partial charge is 0.496 e. The van der Waals surface area contributed by atoms with E-state index in [1.807, 2.05) is 5.38 Å². The standard InChI is InChI=1S/C16H18F2N2O2S/c1-9(2)11-8-23-13(20-11)6-7-19-16(21)14-12(22-3)5-4-10(17)15(14)18/h4-5,8-9H,6-7H2,1-3H3,(H,19,21). The highest BCUT2D eigenvalue weighted by atomic mass is 32.1. The second-order valence-electron chi connectivity index (χ2n) is 5.27. The van der Waals surface area contributed by atoms with Gasteiger partial charge in [-0.05, 0) is 18.1 Å². The van der Waals surface area contributed by atoms with Crippen molar-refractivity contribution in [2.24, 2.45) is 0 Å². The maximum atomic E-state index is 13.8. The van der Waals surface area contributed by atoms with Crippen molar-refractivity contribution in [2.75, 3.05) is 13.7 Å². The lowest BCUT2D eigenvalue weighted by atomic mass is 10.1. The van der Waals surface area contributed by atoms with E-state index in [0.717, 1.165) is 16.8 Å². The van der Waals surface area contributed by atoms with E-state index in [0.29, 0.717) is 12.3 Å². The molecule has 0 fully saturated rings. The number of hydrogen-bond acceptors (Lipinski definition) is 4. The number of methoxy groups -OCH3 is 1. The molecular weight excluding hydrogens is 322 g/mol. The lowest BCUT2D eigenvalue weighted by Gasteiger charge is -2.10. The second-order valence-corrected chi connectivity index (χ2v) is 6.21. The van der Waals surface area contributed by atoms with Crippen LogP contribution in [-0.2, 0) is 6.42 Å². The number of nitrogens with one attached hydrogen (secondary N) is 1. The predicted octanol–water partition coefficient (Wildman–Crippen LogP) is 3.53. The van der Waals surface area contributed by atoms with Crippen LogP contribution < -0.4 is 10.1 Å². The molecule has 23 heavy (non-hydrogen) atoms. The number of benzene rings is 1. The zero-order valence-electron chi connectivity index (χ0n) is 13.2. The van der Waals surface area contributed by atoms with Crippen molar-refractivity contribution in [2.45, 2.75) is 26.2 Å². The molecule has 0 spiro atoms. The van der Waals surface area contributed by atoms with Gasteiger partial charge in [-0.3, -0.25) is 4.79 Å². The van der Waals surface area contributed by atoms with E-state index in [9.17, 15) is 13.6 Å². The molecule has 0 aliphatic heterocycles. The molecule has 0 unspecified atom stereocenters. The first kappa shape index (κ1) is 17.3. The minimum Gasteiger partial charge on any atom is -0.496 e. The van der Waals surface area contributed by atoms with Gasteiger partial charge in [-0.25, -0.2) is 13.8 Å². The summed E-state index contributed by atoms with van der Waals surface area (Å²) >= 11 is 1.52. The number of amides is 1. The van der Waals surface area contributed by atoms with Gasteiger partial charge >= 0.3 is 0 Å². The molecule has 1 amide bonds. The molecule has 0 aliphatic carbocycles. The summed E-state index contributed by atoms with van der Waals surface area (Å²) in [6.45, 7) is 4.39. The van der Waals surface area contributed by atoms with Crippen molar-refractivity contribution in [3.05, 3.63) is 45.4 Å². The van der Waals surface area contributed by atoms with Gasteiger partial charge in [0.1, 0.15) is 11.3 Å². The van der Waals surface area contributed by atoms with E-state index in [1.54, 1.807) is 0 Å². The second kappa shape index (κ2) is 7.50. The number of thiazole rings is 1. The fourth-order valence-corrected chi connectivity index (χ4v) is 2.95. The van der Waals surface area contributed by atoms with Gasteiger partial charge in [0.05, 0.1) is 17.8 Å². The van der Waals surface area contributed by atoms with Crippen LogP contribution in [-0.4, -0.2) is 24.5 Å². The molecule has 0 atom stereocenters. The Hall–Kier alpha value is -2.02. The van der Waals surface area contributed by atoms with Gasteiger partial charge in [0.25, 0.3) is 5.91 Å². The smallest absolute Gasteiger partial charge is 0.258 e. The van der Waals surface area contributed by atoms with Gasteiger partial charge in [0.2, 0.25) is 0 Å². The van der Waals surface area contributed by atoms with Crippen molar-refractivity contribution in [3.63, 3.8) is 0 Å². The Bertz CT molecular complexity index is 701. The maximum Gasteiger partial charge on any atom is 0.258 e. The van der Waals surface area contributed by atoms with Crippen molar-refractivity contribution in [1.82, 2.24) is 10.3 Å². The third kappa shape index (κ3) is 4.04. The third-order valence-corrected chi connectivity index (χ3v) is 4.22. The number of rotatable bonds is 6.